The fraction of sp³-hybridized carbons (Fsp3) is 0.667. The Hall–Kier alpha value is -2.04. The molecule has 0 saturated heterocycles. The van der Waals surface area contributed by atoms with Gasteiger partial charge in [-0.05, 0) is 86.3 Å². The number of benzene rings is 1. The van der Waals surface area contributed by atoms with Crippen LogP contribution in [0.15, 0.2) is 24.3 Å². The molecule has 1 unspecified atom stereocenters. The van der Waals surface area contributed by atoms with Gasteiger partial charge in [0.15, 0.2) is 6.10 Å². The van der Waals surface area contributed by atoms with E-state index >= 15 is 0 Å². The summed E-state index contributed by atoms with van der Waals surface area (Å²) in [6.07, 6.45) is 7.76. The minimum absolute atomic E-state index is 0.0600. The van der Waals surface area contributed by atoms with E-state index in [1.807, 2.05) is 12.1 Å². The Morgan fingerprint density at radius 2 is 1.52 bits per heavy atom. The molecule has 1 atom stereocenters. The highest BCUT2D eigenvalue weighted by molar-refractivity contribution is 5.86. The number of hydrogen-bond donors (Lipinski definition) is 0. The summed E-state index contributed by atoms with van der Waals surface area (Å²) >= 11 is 0. The molecule has 158 valence electrons. The van der Waals surface area contributed by atoms with Gasteiger partial charge in [-0.1, -0.05) is 12.1 Å². The maximum Gasteiger partial charge on any atom is 0.263 e. The van der Waals surface area contributed by atoms with Crippen molar-refractivity contribution in [1.29, 1.82) is 0 Å². The molecular formula is C24H34N2O3. The average Bonchev–Trinajstić information content (AvgIpc) is 2.66. The molecule has 1 aromatic carbocycles. The highest BCUT2D eigenvalue weighted by Gasteiger charge is 2.51. The third-order valence-corrected chi connectivity index (χ3v) is 7.41. The molecule has 0 aliphatic heterocycles. The van der Waals surface area contributed by atoms with Crippen molar-refractivity contribution in [3.05, 3.63) is 29.8 Å². The summed E-state index contributed by atoms with van der Waals surface area (Å²) in [5.74, 6) is 3.20. The van der Waals surface area contributed by atoms with Gasteiger partial charge in [0.25, 0.3) is 5.91 Å². The molecule has 2 amide bonds. The number of nitrogens with zero attached hydrogens (tertiary/aromatic N) is 2. The van der Waals surface area contributed by atoms with E-state index in [9.17, 15) is 9.59 Å². The smallest absolute Gasteiger partial charge is 0.263 e. The van der Waals surface area contributed by atoms with Gasteiger partial charge in [0.1, 0.15) is 5.75 Å². The van der Waals surface area contributed by atoms with Crippen LogP contribution in [0.4, 0.5) is 0 Å². The molecule has 29 heavy (non-hydrogen) atoms. The Labute approximate surface area is 174 Å². The van der Waals surface area contributed by atoms with Gasteiger partial charge in [-0.15, -0.1) is 0 Å². The average molecular weight is 399 g/mol. The third kappa shape index (κ3) is 4.01. The maximum absolute atomic E-state index is 12.5. The quantitative estimate of drug-likeness (QED) is 0.737. The van der Waals surface area contributed by atoms with Crippen LogP contribution in [-0.4, -0.2) is 55.4 Å². The zero-order chi connectivity index (χ0) is 20.8. The minimum atomic E-state index is -0.625. The van der Waals surface area contributed by atoms with Crippen molar-refractivity contribution in [2.75, 3.05) is 27.7 Å². The normalized spacial score (nSPS) is 30.7. The molecule has 0 heterocycles. The lowest BCUT2D eigenvalue weighted by Crippen LogP contribution is -2.48. The van der Waals surface area contributed by atoms with E-state index in [4.69, 9.17) is 4.74 Å². The summed E-state index contributed by atoms with van der Waals surface area (Å²) in [7, 11) is 5.01. The number of rotatable bonds is 6. The minimum Gasteiger partial charge on any atom is -0.481 e. The zero-order valence-corrected chi connectivity index (χ0v) is 18.2. The summed E-state index contributed by atoms with van der Waals surface area (Å²) in [5.41, 5.74) is 1.83. The fourth-order valence-electron chi connectivity index (χ4n) is 6.34. The molecule has 4 aliphatic carbocycles. The first kappa shape index (κ1) is 20.2. The Morgan fingerprint density at radius 3 is 2.00 bits per heavy atom. The highest BCUT2D eigenvalue weighted by Crippen LogP contribution is 2.60. The van der Waals surface area contributed by atoms with E-state index in [0.717, 1.165) is 17.8 Å². The topological polar surface area (TPSA) is 49.9 Å². The van der Waals surface area contributed by atoms with E-state index in [1.165, 1.54) is 53.9 Å². The Bertz CT molecular complexity index is 736. The molecule has 4 fully saturated rings. The molecule has 0 radical (unpaired) electrons. The van der Waals surface area contributed by atoms with E-state index in [1.54, 1.807) is 28.1 Å². The molecule has 1 aromatic rings. The predicted molar refractivity (Wildman–Crippen MR) is 113 cm³/mol. The van der Waals surface area contributed by atoms with Crippen LogP contribution >= 0.6 is 0 Å². The van der Waals surface area contributed by atoms with E-state index < -0.39 is 6.10 Å². The highest BCUT2D eigenvalue weighted by atomic mass is 16.5. The van der Waals surface area contributed by atoms with Crippen LogP contribution in [0.2, 0.25) is 0 Å². The number of ether oxygens (including phenoxy) is 1. The SMILES string of the molecule is CC(Oc1ccc(C23CC4CC(CC(C4)C2)C3)cc1)C(=O)N(C)CC(=O)N(C)C. The van der Waals surface area contributed by atoms with Gasteiger partial charge < -0.3 is 14.5 Å². The molecule has 5 rings (SSSR count). The second-order valence-electron chi connectivity index (χ2n) is 9.96. The van der Waals surface area contributed by atoms with E-state index in [0.29, 0.717) is 11.2 Å². The molecule has 5 heteroatoms. The van der Waals surface area contributed by atoms with Crippen molar-refractivity contribution in [2.45, 2.75) is 57.0 Å². The first-order chi connectivity index (χ1) is 13.8. The van der Waals surface area contributed by atoms with Crippen molar-refractivity contribution >= 4 is 11.8 Å². The van der Waals surface area contributed by atoms with Crippen molar-refractivity contribution in [3.8, 4) is 5.75 Å². The monoisotopic (exact) mass is 398 g/mol. The standard InChI is InChI=1S/C24H34N2O3/c1-16(23(28)26(4)15-22(27)25(2)3)29-21-7-5-20(6-8-21)24-12-17-9-18(13-24)11-19(10-17)14-24/h5-8,16-19H,9-15H2,1-4H3. The molecule has 0 N–H and O–H groups in total. The van der Waals surface area contributed by atoms with E-state index in [2.05, 4.69) is 12.1 Å². The van der Waals surface area contributed by atoms with Crippen LogP contribution in [0.25, 0.3) is 0 Å². The van der Waals surface area contributed by atoms with Crippen LogP contribution in [0.3, 0.4) is 0 Å². The predicted octanol–water partition coefficient (Wildman–Crippen LogP) is 3.47. The van der Waals surface area contributed by atoms with Crippen LogP contribution in [0.1, 0.15) is 51.0 Å². The molecule has 4 bridgehead atoms. The third-order valence-electron chi connectivity index (χ3n) is 7.41. The number of carbonyl (C=O) groups is 2. The lowest BCUT2D eigenvalue weighted by Gasteiger charge is -2.57. The summed E-state index contributed by atoms with van der Waals surface area (Å²) in [6, 6.07) is 8.48. The Kier molecular flexibility index (Phi) is 5.34. The van der Waals surface area contributed by atoms with Gasteiger partial charge >= 0.3 is 0 Å². The number of likely N-dealkylation sites (N-methyl/N-ethyl adjacent to an activating group) is 2. The molecular weight excluding hydrogens is 364 g/mol. The summed E-state index contributed by atoms with van der Waals surface area (Å²) in [6.45, 7) is 1.80. The van der Waals surface area contributed by atoms with Gasteiger partial charge in [-0.25, -0.2) is 0 Å². The second-order valence-corrected chi connectivity index (χ2v) is 9.96. The molecule has 5 nitrogen and oxygen atoms in total. The van der Waals surface area contributed by atoms with Crippen LogP contribution in [0, 0.1) is 17.8 Å². The summed E-state index contributed by atoms with van der Waals surface area (Å²) in [5, 5.41) is 0. The van der Waals surface area contributed by atoms with Crippen molar-refractivity contribution in [1.82, 2.24) is 9.80 Å². The maximum atomic E-state index is 12.5. The largest absolute Gasteiger partial charge is 0.481 e. The first-order valence-corrected chi connectivity index (χ1v) is 11.0. The summed E-state index contributed by atoms with van der Waals surface area (Å²) < 4.78 is 5.90. The number of hydrogen-bond acceptors (Lipinski definition) is 3. The fourth-order valence-corrected chi connectivity index (χ4v) is 6.34. The van der Waals surface area contributed by atoms with Gasteiger partial charge in [0.05, 0.1) is 6.54 Å². The van der Waals surface area contributed by atoms with Gasteiger partial charge in [-0.3, -0.25) is 9.59 Å². The zero-order valence-electron chi connectivity index (χ0n) is 18.2. The molecule has 0 aromatic heterocycles. The lowest BCUT2D eigenvalue weighted by molar-refractivity contribution is -0.142. The molecule has 0 spiro atoms. The molecule has 4 saturated carbocycles. The Balaban J connectivity index is 1.38. The van der Waals surface area contributed by atoms with Crippen LogP contribution < -0.4 is 4.74 Å². The van der Waals surface area contributed by atoms with Crippen molar-refractivity contribution in [2.24, 2.45) is 17.8 Å². The Morgan fingerprint density at radius 1 is 1.00 bits per heavy atom. The lowest BCUT2D eigenvalue weighted by atomic mass is 9.48. The second kappa shape index (κ2) is 7.66. The first-order valence-electron chi connectivity index (χ1n) is 11.0. The van der Waals surface area contributed by atoms with Gasteiger partial charge in [-0.2, -0.15) is 0 Å². The van der Waals surface area contributed by atoms with Gasteiger partial charge in [0.2, 0.25) is 5.91 Å². The van der Waals surface area contributed by atoms with Crippen molar-refractivity contribution in [3.63, 3.8) is 0 Å². The number of amides is 2. The van der Waals surface area contributed by atoms with Gasteiger partial charge in [0, 0.05) is 21.1 Å². The van der Waals surface area contributed by atoms with Crippen LogP contribution in [-0.2, 0) is 15.0 Å². The number of carbonyl (C=O) groups excluding carboxylic acids is 2. The van der Waals surface area contributed by atoms with E-state index in [-0.39, 0.29) is 18.4 Å². The van der Waals surface area contributed by atoms with Crippen LogP contribution in [0.5, 0.6) is 5.75 Å². The summed E-state index contributed by atoms with van der Waals surface area (Å²) in [4.78, 5) is 27.3. The van der Waals surface area contributed by atoms with Crippen molar-refractivity contribution < 1.29 is 14.3 Å². The molecule has 4 aliphatic rings.